The van der Waals surface area contributed by atoms with Crippen molar-refractivity contribution in [2.24, 2.45) is 0 Å². The van der Waals surface area contributed by atoms with Crippen LogP contribution in [0.4, 0.5) is 5.13 Å². The maximum absolute atomic E-state index is 9.39. The van der Waals surface area contributed by atoms with Crippen LogP contribution < -0.4 is 4.90 Å². The lowest BCUT2D eigenvalue weighted by Gasteiger charge is -2.03. The lowest BCUT2D eigenvalue weighted by Crippen LogP contribution is -2.07. The lowest BCUT2D eigenvalue weighted by atomic mass is 10.3. The fourth-order valence-electron chi connectivity index (χ4n) is 1.59. The third kappa shape index (κ3) is 2.70. The summed E-state index contributed by atoms with van der Waals surface area (Å²) in [7, 11) is 3.87. The Labute approximate surface area is 123 Å². The molecule has 1 N–H and O–H groups in total. The first kappa shape index (κ1) is 13.2. The Hall–Kier alpha value is -1.80. The number of aromatic nitrogens is 3. The molecule has 0 radical (unpaired) electrons. The van der Waals surface area contributed by atoms with Gasteiger partial charge in [0.25, 0.3) is 0 Å². The van der Waals surface area contributed by atoms with Crippen LogP contribution in [0.5, 0.6) is 5.75 Å². The minimum absolute atomic E-state index is 0.174. The van der Waals surface area contributed by atoms with Crippen LogP contribution in [-0.2, 0) is 5.75 Å². The summed E-state index contributed by atoms with van der Waals surface area (Å²) in [6.45, 7) is 0. The summed E-state index contributed by atoms with van der Waals surface area (Å²) in [6, 6.07) is 4.89. The van der Waals surface area contributed by atoms with Crippen LogP contribution >= 0.6 is 23.1 Å². The molecule has 6 nitrogen and oxygen atoms in total. The number of nitrogens with zero attached hydrogens (tertiary/aromatic N) is 4. The largest absolute Gasteiger partial charge is 0.508 e. The van der Waals surface area contributed by atoms with E-state index in [-0.39, 0.29) is 5.75 Å². The molecule has 1 aromatic carbocycles. The fourth-order valence-corrected chi connectivity index (χ4v) is 3.19. The van der Waals surface area contributed by atoms with Crippen LogP contribution in [-0.4, -0.2) is 34.4 Å². The van der Waals surface area contributed by atoms with Crippen molar-refractivity contribution in [3.05, 3.63) is 24.1 Å². The Morgan fingerprint density at radius 3 is 2.95 bits per heavy atom. The Balaban J connectivity index is 1.72. The van der Waals surface area contributed by atoms with Crippen molar-refractivity contribution in [3.8, 4) is 5.75 Å². The Bertz CT molecular complexity index is 738. The van der Waals surface area contributed by atoms with E-state index in [1.807, 2.05) is 19.0 Å². The molecule has 2 aromatic heterocycles. The van der Waals surface area contributed by atoms with E-state index >= 15 is 0 Å². The highest BCUT2D eigenvalue weighted by molar-refractivity contribution is 8.00. The van der Waals surface area contributed by atoms with Crippen molar-refractivity contribution in [2.45, 2.75) is 10.1 Å². The first-order chi connectivity index (χ1) is 9.61. The zero-order valence-electron chi connectivity index (χ0n) is 10.9. The summed E-state index contributed by atoms with van der Waals surface area (Å²) in [5.41, 5.74) is 1.33. The van der Waals surface area contributed by atoms with Crippen LogP contribution in [0.3, 0.4) is 0 Å². The van der Waals surface area contributed by atoms with Gasteiger partial charge in [0.1, 0.15) is 11.3 Å². The van der Waals surface area contributed by atoms with Gasteiger partial charge in [0.05, 0.1) is 5.75 Å². The van der Waals surface area contributed by atoms with Gasteiger partial charge in [-0.3, -0.25) is 0 Å². The molecule has 0 fully saturated rings. The van der Waals surface area contributed by atoms with E-state index in [1.54, 1.807) is 18.2 Å². The number of phenols is 1. The predicted octanol–water partition coefficient (Wildman–Crippen LogP) is 2.74. The van der Waals surface area contributed by atoms with Crippen LogP contribution in [0.15, 0.2) is 27.0 Å². The molecule has 0 unspecified atom stereocenters. The molecule has 0 atom stereocenters. The zero-order valence-corrected chi connectivity index (χ0v) is 12.5. The average molecular weight is 308 g/mol. The molecule has 8 heteroatoms. The average Bonchev–Trinajstić information content (AvgIpc) is 3.01. The van der Waals surface area contributed by atoms with Crippen molar-refractivity contribution in [1.82, 2.24) is 15.2 Å². The van der Waals surface area contributed by atoms with Gasteiger partial charge in [-0.15, -0.1) is 10.2 Å². The molecule has 0 bridgehead atoms. The molecule has 20 heavy (non-hydrogen) atoms. The lowest BCUT2D eigenvalue weighted by molar-refractivity contribution is 0.473. The van der Waals surface area contributed by atoms with Gasteiger partial charge in [-0.2, -0.15) is 0 Å². The van der Waals surface area contributed by atoms with Gasteiger partial charge >= 0.3 is 0 Å². The predicted molar refractivity (Wildman–Crippen MR) is 79.5 cm³/mol. The maximum Gasteiger partial charge on any atom is 0.208 e. The second kappa shape index (κ2) is 5.29. The first-order valence-electron chi connectivity index (χ1n) is 5.84. The van der Waals surface area contributed by atoms with E-state index in [4.69, 9.17) is 4.42 Å². The standard InChI is InChI=1S/C12H12N4O2S2/c1-16(2)11-14-15-12(20-11)19-6-10-13-8-4-3-7(17)5-9(8)18-10/h3-5,17H,6H2,1-2H3. The van der Waals surface area contributed by atoms with Crippen LogP contribution in [0.25, 0.3) is 11.1 Å². The minimum atomic E-state index is 0.174. The van der Waals surface area contributed by atoms with Gasteiger partial charge in [-0.05, 0) is 12.1 Å². The summed E-state index contributed by atoms with van der Waals surface area (Å²) in [6.07, 6.45) is 0. The first-order valence-corrected chi connectivity index (χ1v) is 7.64. The molecule has 0 aliphatic heterocycles. The number of anilines is 1. The van der Waals surface area contributed by atoms with Gasteiger partial charge < -0.3 is 14.4 Å². The third-order valence-corrected chi connectivity index (χ3v) is 4.72. The molecule has 0 aliphatic carbocycles. The summed E-state index contributed by atoms with van der Waals surface area (Å²) in [5.74, 6) is 1.36. The van der Waals surface area contributed by atoms with Crippen molar-refractivity contribution >= 4 is 39.3 Å². The van der Waals surface area contributed by atoms with Crippen LogP contribution in [0.1, 0.15) is 5.89 Å². The molecule has 3 aromatic rings. The number of hydrogen-bond donors (Lipinski definition) is 1. The molecule has 0 spiro atoms. The molecule has 104 valence electrons. The zero-order chi connectivity index (χ0) is 14.1. The van der Waals surface area contributed by atoms with Crippen LogP contribution in [0.2, 0.25) is 0 Å². The molecule has 0 saturated heterocycles. The van der Waals surface area contributed by atoms with E-state index in [0.29, 0.717) is 17.2 Å². The normalized spacial score (nSPS) is 11.1. The van der Waals surface area contributed by atoms with Crippen molar-refractivity contribution in [2.75, 3.05) is 19.0 Å². The van der Waals surface area contributed by atoms with Gasteiger partial charge in [0.2, 0.25) is 11.0 Å². The second-order valence-electron chi connectivity index (χ2n) is 4.29. The molecule has 0 amide bonds. The quantitative estimate of drug-likeness (QED) is 0.743. The SMILES string of the molecule is CN(C)c1nnc(SCc2nc3ccc(O)cc3o2)s1. The highest BCUT2D eigenvalue weighted by Gasteiger charge is 2.10. The minimum Gasteiger partial charge on any atom is -0.508 e. The molecule has 0 aliphatic rings. The topological polar surface area (TPSA) is 75.3 Å². The van der Waals surface area contributed by atoms with Gasteiger partial charge in [0, 0.05) is 20.2 Å². The number of fused-ring (bicyclic) bond motifs is 1. The number of oxazole rings is 1. The van der Waals surface area contributed by atoms with Gasteiger partial charge in [-0.1, -0.05) is 23.1 Å². The highest BCUT2D eigenvalue weighted by Crippen LogP contribution is 2.30. The summed E-state index contributed by atoms with van der Waals surface area (Å²) in [4.78, 5) is 6.28. The molecular formula is C12H12N4O2S2. The summed E-state index contributed by atoms with van der Waals surface area (Å²) in [5, 5.41) is 18.4. The Kier molecular flexibility index (Phi) is 3.49. The number of hydrogen-bond acceptors (Lipinski definition) is 8. The van der Waals surface area contributed by atoms with E-state index in [1.165, 1.54) is 23.1 Å². The highest BCUT2D eigenvalue weighted by atomic mass is 32.2. The smallest absolute Gasteiger partial charge is 0.208 e. The monoisotopic (exact) mass is 308 g/mol. The fraction of sp³-hybridized carbons (Fsp3) is 0.250. The number of benzene rings is 1. The maximum atomic E-state index is 9.39. The molecule has 3 rings (SSSR count). The Morgan fingerprint density at radius 2 is 2.20 bits per heavy atom. The summed E-state index contributed by atoms with van der Waals surface area (Å²) < 4.78 is 6.45. The third-order valence-electron chi connectivity index (χ3n) is 2.51. The van der Waals surface area contributed by atoms with Crippen LogP contribution in [0, 0.1) is 0 Å². The number of phenolic OH excluding ortho intramolecular Hbond substituents is 1. The summed E-state index contributed by atoms with van der Waals surface area (Å²) >= 11 is 3.06. The van der Waals surface area contributed by atoms with Gasteiger partial charge in [-0.25, -0.2) is 4.98 Å². The second-order valence-corrected chi connectivity index (χ2v) is 6.47. The molecule has 2 heterocycles. The van der Waals surface area contributed by atoms with Crippen molar-refractivity contribution in [3.63, 3.8) is 0 Å². The molecule has 0 saturated carbocycles. The van der Waals surface area contributed by atoms with E-state index < -0.39 is 0 Å². The molecular weight excluding hydrogens is 296 g/mol. The van der Waals surface area contributed by atoms with E-state index in [9.17, 15) is 5.11 Å². The number of thioether (sulfide) groups is 1. The number of aromatic hydroxyl groups is 1. The van der Waals surface area contributed by atoms with Gasteiger partial charge in [0.15, 0.2) is 9.92 Å². The van der Waals surface area contributed by atoms with E-state index in [2.05, 4.69) is 15.2 Å². The van der Waals surface area contributed by atoms with Crippen molar-refractivity contribution in [1.29, 1.82) is 0 Å². The van der Waals surface area contributed by atoms with Crippen molar-refractivity contribution < 1.29 is 9.52 Å². The Morgan fingerprint density at radius 1 is 1.35 bits per heavy atom. The number of rotatable bonds is 4. The van der Waals surface area contributed by atoms with E-state index in [0.717, 1.165) is 15.0 Å².